The van der Waals surface area contributed by atoms with Crippen LogP contribution in [0.2, 0.25) is 0 Å². The van der Waals surface area contributed by atoms with Crippen molar-refractivity contribution in [3.8, 4) is 0 Å². The summed E-state index contributed by atoms with van der Waals surface area (Å²) < 4.78 is 0. The SMILES string of the molecule is CC(C)CC(CO)NCc1cccc2cnccc12. The number of aliphatic hydroxyl groups is 1. The largest absolute Gasteiger partial charge is 0.395 e. The smallest absolute Gasteiger partial charge is 0.0584 e. The molecule has 2 N–H and O–H groups in total. The third-order valence-corrected chi connectivity index (χ3v) is 3.33. The average molecular weight is 258 g/mol. The van der Waals surface area contributed by atoms with Gasteiger partial charge in [-0.3, -0.25) is 4.98 Å². The summed E-state index contributed by atoms with van der Waals surface area (Å²) >= 11 is 0. The van der Waals surface area contributed by atoms with Gasteiger partial charge in [0.15, 0.2) is 0 Å². The zero-order valence-corrected chi connectivity index (χ0v) is 11.6. The van der Waals surface area contributed by atoms with E-state index in [0.717, 1.165) is 18.4 Å². The number of benzene rings is 1. The molecule has 0 amide bonds. The summed E-state index contributed by atoms with van der Waals surface area (Å²) in [7, 11) is 0. The van der Waals surface area contributed by atoms with Gasteiger partial charge in [-0.25, -0.2) is 0 Å². The van der Waals surface area contributed by atoms with Gasteiger partial charge >= 0.3 is 0 Å². The van der Waals surface area contributed by atoms with Crippen LogP contribution in [0, 0.1) is 5.92 Å². The van der Waals surface area contributed by atoms with E-state index < -0.39 is 0 Å². The van der Waals surface area contributed by atoms with Gasteiger partial charge in [-0.15, -0.1) is 0 Å². The Kier molecular flexibility index (Phi) is 4.88. The van der Waals surface area contributed by atoms with Crippen LogP contribution in [0.15, 0.2) is 36.7 Å². The number of aliphatic hydroxyl groups excluding tert-OH is 1. The highest BCUT2D eigenvalue weighted by atomic mass is 16.3. The normalized spacial score (nSPS) is 13.1. The molecule has 19 heavy (non-hydrogen) atoms. The highest BCUT2D eigenvalue weighted by Gasteiger charge is 2.09. The van der Waals surface area contributed by atoms with E-state index in [9.17, 15) is 5.11 Å². The molecule has 1 atom stereocenters. The van der Waals surface area contributed by atoms with Gasteiger partial charge in [0.25, 0.3) is 0 Å². The first-order chi connectivity index (χ1) is 9.20. The lowest BCUT2D eigenvalue weighted by atomic mass is 10.0. The van der Waals surface area contributed by atoms with Gasteiger partial charge in [0.1, 0.15) is 0 Å². The Morgan fingerprint density at radius 1 is 1.26 bits per heavy atom. The van der Waals surface area contributed by atoms with Crippen molar-refractivity contribution in [2.75, 3.05) is 6.61 Å². The second kappa shape index (κ2) is 6.64. The topological polar surface area (TPSA) is 45.1 Å². The molecule has 0 saturated carbocycles. The Morgan fingerprint density at radius 2 is 2.11 bits per heavy atom. The van der Waals surface area contributed by atoms with Crippen molar-refractivity contribution in [3.05, 3.63) is 42.2 Å². The van der Waals surface area contributed by atoms with Crippen molar-refractivity contribution < 1.29 is 5.11 Å². The van der Waals surface area contributed by atoms with Crippen molar-refractivity contribution in [2.24, 2.45) is 5.92 Å². The van der Waals surface area contributed by atoms with Crippen molar-refractivity contribution in [1.29, 1.82) is 0 Å². The fourth-order valence-electron chi connectivity index (χ4n) is 2.39. The van der Waals surface area contributed by atoms with Crippen LogP contribution in [-0.2, 0) is 6.54 Å². The van der Waals surface area contributed by atoms with Gasteiger partial charge < -0.3 is 10.4 Å². The Bertz CT molecular complexity index is 520. The molecule has 1 aromatic heterocycles. The first-order valence-corrected chi connectivity index (χ1v) is 6.86. The van der Waals surface area contributed by atoms with Gasteiger partial charge in [0.2, 0.25) is 0 Å². The third-order valence-electron chi connectivity index (χ3n) is 3.33. The summed E-state index contributed by atoms with van der Waals surface area (Å²) in [5.41, 5.74) is 1.25. The maximum atomic E-state index is 9.39. The minimum absolute atomic E-state index is 0.164. The summed E-state index contributed by atoms with van der Waals surface area (Å²) in [4.78, 5) is 4.14. The standard InChI is InChI=1S/C16H22N2O/c1-12(2)8-15(11-19)18-10-14-5-3-4-13-9-17-7-6-16(13)14/h3-7,9,12,15,18-19H,8,10-11H2,1-2H3. The Balaban J connectivity index is 2.09. The molecular weight excluding hydrogens is 236 g/mol. The van der Waals surface area contributed by atoms with Crippen LogP contribution in [0.25, 0.3) is 10.8 Å². The van der Waals surface area contributed by atoms with E-state index in [2.05, 4.69) is 42.3 Å². The molecule has 0 aliphatic rings. The molecule has 0 spiro atoms. The van der Waals surface area contributed by atoms with Crippen molar-refractivity contribution in [2.45, 2.75) is 32.9 Å². The predicted octanol–water partition coefficient (Wildman–Crippen LogP) is 2.73. The second-order valence-corrected chi connectivity index (χ2v) is 5.40. The van der Waals surface area contributed by atoms with Gasteiger partial charge in [0.05, 0.1) is 6.61 Å². The minimum atomic E-state index is 0.164. The number of fused-ring (bicyclic) bond motifs is 1. The summed E-state index contributed by atoms with van der Waals surface area (Å²) in [6.07, 6.45) is 4.70. The Hall–Kier alpha value is -1.45. The maximum Gasteiger partial charge on any atom is 0.0584 e. The van der Waals surface area contributed by atoms with E-state index in [4.69, 9.17) is 0 Å². The van der Waals surface area contributed by atoms with E-state index in [-0.39, 0.29) is 12.6 Å². The maximum absolute atomic E-state index is 9.39. The fraction of sp³-hybridized carbons (Fsp3) is 0.438. The fourth-order valence-corrected chi connectivity index (χ4v) is 2.39. The molecule has 102 valence electrons. The summed E-state index contributed by atoms with van der Waals surface area (Å²) in [6.45, 7) is 5.31. The van der Waals surface area contributed by atoms with Gasteiger partial charge in [-0.1, -0.05) is 32.0 Å². The Morgan fingerprint density at radius 3 is 2.84 bits per heavy atom. The number of pyridine rings is 1. The van der Waals surface area contributed by atoms with Gasteiger partial charge in [-0.05, 0) is 29.4 Å². The summed E-state index contributed by atoms with van der Waals surface area (Å²) in [6, 6.07) is 8.46. The first kappa shape index (κ1) is 14.0. The number of nitrogens with zero attached hydrogens (tertiary/aromatic N) is 1. The molecule has 0 aliphatic heterocycles. The van der Waals surface area contributed by atoms with Crippen molar-refractivity contribution >= 4 is 10.8 Å². The number of aromatic nitrogens is 1. The van der Waals surface area contributed by atoms with Crippen LogP contribution >= 0.6 is 0 Å². The van der Waals surface area contributed by atoms with Gasteiger partial charge in [-0.2, -0.15) is 0 Å². The molecule has 0 saturated heterocycles. The summed E-state index contributed by atoms with van der Waals surface area (Å²) in [5.74, 6) is 0.585. The van der Waals surface area contributed by atoms with Crippen LogP contribution in [0.5, 0.6) is 0 Å². The Labute approximate surface area is 114 Å². The highest BCUT2D eigenvalue weighted by Crippen LogP contribution is 2.17. The van der Waals surface area contributed by atoms with Gasteiger partial charge in [0, 0.05) is 30.4 Å². The minimum Gasteiger partial charge on any atom is -0.395 e. The quantitative estimate of drug-likeness (QED) is 0.837. The summed E-state index contributed by atoms with van der Waals surface area (Å²) in [5, 5.41) is 15.2. The van der Waals surface area contributed by atoms with E-state index in [0.29, 0.717) is 5.92 Å². The van der Waals surface area contributed by atoms with Crippen molar-refractivity contribution in [3.63, 3.8) is 0 Å². The van der Waals surface area contributed by atoms with Crippen molar-refractivity contribution in [1.82, 2.24) is 10.3 Å². The highest BCUT2D eigenvalue weighted by molar-refractivity contribution is 5.84. The van der Waals surface area contributed by atoms with E-state index in [1.807, 2.05) is 18.5 Å². The molecule has 2 rings (SSSR count). The second-order valence-electron chi connectivity index (χ2n) is 5.40. The lowest BCUT2D eigenvalue weighted by Crippen LogP contribution is -2.33. The van der Waals surface area contributed by atoms with Crippen LogP contribution in [0.3, 0.4) is 0 Å². The molecule has 0 radical (unpaired) electrons. The van der Waals surface area contributed by atoms with Crippen LogP contribution < -0.4 is 5.32 Å². The molecule has 0 aliphatic carbocycles. The molecule has 2 aromatic rings. The number of nitrogens with one attached hydrogen (secondary N) is 1. The molecule has 3 nitrogen and oxygen atoms in total. The zero-order valence-electron chi connectivity index (χ0n) is 11.6. The molecule has 0 bridgehead atoms. The predicted molar refractivity (Wildman–Crippen MR) is 78.9 cm³/mol. The molecule has 3 heteroatoms. The number of hydrogen-bond donors (Lipinski definition) is 2. The van der Waals surface area contributed by atoms with Crippen LogP contribution in [-0.4, -0.2) is 22.7 Å². The third kappa shape index (κ3) is 3.75. The molecule has 0 fully saturated rings. The lowest BCUT2D eigenvalue weighted by molar-refractivity contribution is 0.223. The van der Waals surface area contributed by atoms with E-state index in [1.165, 1.54) is 10.9 Å². The average Bonchev–Trinajstić information content (AvgIpc) is 2.43. The van der Waals surface area contributed by atoms with Crippen LogP contribution in [0.1, 0.15) is 25.8 Å². The number of hydrogen-bond acceptors (Lipinski definition) is 3. The van der Waals surface area contributed by atoms with Crippen LogP contribution in [0.4, 0.5) is 0 Å². The number of rotatable bonds is 6. The molecule has 1 heterocycles. The van der Waals surface area contributed by atoms with E-state index in [1.54, 1.807) is 0 Å². The lowest BCUT2D eigenvalue weighted by Gasteiger charge is -2.18. The molecule has 1 unspecified atom stereocenters. The van der Waals surface area contributed by atoms with E-state index >= 15 is 0 Å². The zero-order chi connectivity index (χ0) is 13.7. The molecular formula is C16H22N2O. The monoisotopic (exact) mass is 258 g/mol. The first-order valence-electron chi connectivity index (χ1n) is 6.86. The molecule has 1 aromatic carbocycles.